The van der Waals surface area contributed by atoms with E-state index in [1.807, 2.05) is 19.2 Å². The summed E-state index contributed by atoms with van der Waals surface area (Å²) in [6.07, 6.45) is 8.16. The Bertz CT molecular complexity index is 401. The topological polar surface area (TPSA) is 58.9 Å². The summed E-state index contributed by atoms with van der Waals surface area (Å²) in [5, 5.41) is 9.99. The first-order valence-electron chi connectivity index (χ1n) is 6.18. The predicted molar refractivity (Wildman–Crippen MR) is 62.5 cm³/mol. The molecule has 0 radical (unpaired) electrons. The summed E-state index contributed by atoms with van der Waals surface area (Å²) in [6, 6.07) is 0. The Morgan fingerprint density at radius 1 is 1.41 bits per heavy atom. The molecule has 0 amide bonds. The molecule has 3 rings (SSSR count). The highest BCUT2D eigenvalue weighted by Crippen LogP contribution is 2.49. The number of nitrogens with zero attached hydrogens (tertiary/aromatic N) is 1. The first kappa shape index (κ1) is 11.0. The summed E-state index contributed by atoms with van der Waals surface area (Å²) >= 11 is 0. The fourth-order valence-corrected chi connectivity index (χ4v) is 3.17. The highest BCUT2D eigenvalue weighted by Gasteiger charge is 2.56. The van der Waals surface area contributed by atoms with Gasteiger partial charge in [0.15, 0.2) is 0 Å². The van der Waals surface area contributed by atoms with Gasteiger partial charge < -0.3 is 9.84 Å². The van der Waals surface area contributed by atoms with E-state index in [0.717, 1.165) is 12.8 Å². The van der Waals surface area contributed by atoms with Gasteiger partial charge in [-0.05, 0) is 32.6 Å². The summed E-state index contributed by atoms with van der Waals surface area (Å²) in [5.74, 6) is -0.259. The SMILES string of the molecule is CC1(O)CCC2(CC1)OC(=O)C1C=CN=CC12. The maximum atomic E-state index is 11.8. The summed E-state index contributed by atoms with van der Waals surface area (Å²) in [4.78, 5) is 16.0. The molecule has 4 heteroatoms. The maximum Gasteiger partial charge on any atom is 0.314 e. The van der Waals surface area contributed by atoms with Crippen molar-refractivity contribution < 1.29 is 14.6 Å². The molecule has 1 spiro atoms. The van der Waals surface area contributed by atoms with Crippen LogP contribution in [0.5, 0.6) is 0 Å². The lowest BCUT2D eigenvalue weighted by molar-refractivity contribution is -0.157. The molecule has 2 unspecified atom stereocenters. The van der Waals surface area contributed by atoms with Gasteiger partial charge in [-0.1, -0.05) is 6.08 Å². The molecule has 4 nitrogen and oxygen atoms in total. The zero-order valence-corrected chi connectivity index (χ0v) is 9.93. The largest absolute Gasteiger partial charge is 0.458 e. The van der Waals surface area contributed by atoms with Crippen molar-refractivity contribution in [3.63, 3.8) is 0 Å². The van der Waals surface area contributed by atoms with Crippen molar-refractivity contribution in [1.82, 2.24) is 0 Å². The molecule has 0 aromatic heterocycles. The molecule has 2 heterocycles. The minimum atomic E-state index is -0.614. The summed E-state index contributed by atoms with van der Waals surface area (Å²) in [7, 11) is 0. The molecule has 2 aliphatic heterocycles. The smallest absolute Gasteiger partial charge is 0.314 e. The zero-order valence-electron chi connectivity index (χ0n) is 9.93. The lowest BCUT2D eigenvalue weighted by atomic mass is 9.69. The van der Waals surface area contributed by atoms with Crippen molar-refractivity contribution in [2.75, 3.05) is 0 Å². The third-order valence-electron chi connectivity index (χ3n) is 4.37. The van der Waals surface area contributed by atoms with E-state index in [9.17, 15) is 9.90 Å². The lowest BCUT2D eigenvalue weighted by Crippen LogP contribution is -2.46. The Kier molecular flexibility index (Phi) is 2.20. The predicted octanol–water partition coefficient (Wildman–Crippen LogP) is 1.44. The van der Waals surface area contributed by atoms with E-state index in [4.69, 9.17) is 4.74 Å². The third kappa shape index (κ3) is 1.62. The molecule has 2 fully saturated rings. The van der Waals surface area contributed by atoms with E-state index in [1.54, 1.807) is 6.20 Å². The zero-order chi connectivity index (χ0) is 12.1. The first-order valence-corrected chi connectivity index (χ1v) is 6.18. The van der Waals surface area contributed by atoms with Crippen LogP contribution in [0.3, 0.4) is 0 Å². The second kappa shape index (κ2) is 3.42. The van der Waals surface area contributed by atoms with Crippen LogP contribution in [0.25, 0.3) is 0 Å². The molecule has 3 aliphatic rings. The molecule has 17 heavy (non-hydrogen) atoms. The quantitative estimate of drug-likeness (QED) is 0.646. The Balaban J connectivity index is 1.87. The fourth-order valence-electron chi connectivity index (χ4n) is 3.17. The van der Waals surface area contributed by atoms with Gasteiger partial charge in [0.05, 0.1) is 17.4 Å². The molecule has 1 saturated heterocycles. The standard InChI is InChI=1S/C13H17NO3/c1-12(16)3-5-13(6-4-12)10-8-14-7-2-9(10)11(15)17-13/h2,7-10,16H,3-6H2,1H3. The van der Waals surface area contributed by atoms with E-state index in [1.165, 1.54) is 0 Å². The number of carbonyl (C=O) groups excluding carboxylic acids is 1. The first-order chi connectivity index (χ1) is 8.03. The summed E-state index contributed by atoms with van der Waals surface area (Å²) in [5.41, 5.74) is -1.03. The van der Waals surface area contributed by atoms with Crippen LogP contribution in [0.4, 0.5) is 0 Å². The van der Waals surface area contributed by atoms with Crippen LogP contribution in [0.1, 0.15) is 32.6 Å². The van der Waals surface area contributed by atoms with Crippen molar-refractivity contribution in [2.24, 2.45) is 16.8 Å². The number of aliphatic imine (C=N–C) groups is 1. The Morgan fingerprint density at radius 3 is 2.82 bits per heavy atom. The molecule has 2 atom stereocenters. The van der Waals surface area contributed by atoms with Crippen LogP contribution in [0.15, 0.2) is 17.3 Å². The van der Waals surface area contributed by atoms with Gasteiger partial charge in [-0.15, -0.1) is 0 Å². The minimum absolute atomic E-state index is 0.0519. The average Bonchev–Trinajstić information content (AvgIpc) is 2.59. The van der Waals surface area contributed by atoms with Gasteiger partial charge in [0, 0.05) is 12.4 Å². The van der Waals surface area contributed by atoms with Crippen molar-refractivity contribution in [1.29, 1.82) is 0 Å². The number of hydrogen-bond donors (Lipinski definition) is 1. The second-order valence-electron chi connectivity index (χ2n) is 5.67. The van der Waals surface area contributed by atoms with Gasteiger partial charge in [0.25, 0.3) is 0 Å². The highest BCUT2D eigenvalue weighted by atomic mass is 16.6. The van der Waals surface area contributed by atoms with Gasteiger partial charge in [0.1, 0.15) is 5.60 Å². The number of esters is 1. The van der Waals surface area contributed by atoms with Gasteiger partial charge in [-0.2, -0.15) is 0 Å². The molecular formula is C13H17NO3. The van der Waals surface area contributed by atoms with Crippen molar-refractivity contribution in [2.45, 2.75) is 43.8 Å². The normalized spacial score (nSPS) is 48.2. The molecule has 1 aliphatic carbocycles. The minimum Gasteiger partial charge on any atom is -0.458 e. The van der Waals surface area contributed by atoms with Gasteiger partial charge in [-0.25, -0.2) is 0 Å². The molecular weight excluding hydrogens is 218 g/mol. The molecule has 1 N–H and O–H groups in total. The molecule has 0 aromatic rings. The molecule has 0 aromatic carbocycles. The Hall–Kier alpha value is -1.16. The Labute approximate surface area is 100 Å². The van der Waals surface area contributed by atoms with Crippen molar-refractivity contribution in [3.8, 4) is 0 Å². The number of aliphatic hydroxyl groups is 1. The maximum absolute atomic E-state index is 11.8. The average molecular weight is 235 g/mol. The molecule has 1 saturated carbocycles. The van der Waals surface area contributed by atoms with E-state index in [0.29, 0.717) is 12.8 Å². The van der Waals surface area contributed by atoms with Crippen molar-refractivity contribution in [3.05, 3.63) is 12.3 Å². The Morgan fingerprint density at radius 2 is 2.12 bits per heavy atom. The highest BCUT2D eigenvalue weighted by molar-refractivity contribution is 5.85. The summed E-state index contributed by atoms with van der Waals surface area (Å²) < 4.78 is 5.64. The van der Waals surface area contributed by atoms with Crippen LogP contribution in [0.2, 0.25) is 0 Å². The van der Waals surface area contributed by atoms with Crippen LogP contribution in [-0.2, 0) is 9.53 Å². The number of fused-ring (bicyclic) bond motifs is 2. The second-order valence-corrected chi connectivity index (χ2v) is 5.67. The van der Waals surface area contributed by atoms with E-state index in [2.05, 4.69) is 4.99 Å². The van der Waals surface area contributed by atoms with Crippen LogP contribution in [-0.4, -0.2) is 28.5 Å². The van der Waals surface area contributed by atoms with Gasteiger partial charge >= 0.3 is 5.97 Å². The van der Waals surface area contributed by atoms with E-state index in [-0.39, 0.29) is 17.8 Å². The monoisotopic (exact) mass is 235 g/mol. The number of rotatable bonds is 0. The van der Waals surface area contributed by atoms with Gasteiger partial charge in [0.2, 0.25) is 0 Å². The van der Waals surface area contributed by atoms with E-state index >= 15 is 0 Å². The summed E-state index contributed by atoms with van der Waals surface area (Å²) in [6.45, 7) is 1.85. The van der Waals surface area contributed by atoms with Gasteiger partial charge in [-0.3, -0.25) is 9.79 Å². The molecule has 0 bridgehead atoms. The van der Waals surface area contributed by atoms with E-state index < -0.39 is 11.2 Å². The number of carbonyl (C=O) groups is 1. The van der Waals surface area contributed by atoms with Crippen LogP contribution < -0.4 is 0 Å². The third-order valence-corrected chi connectivity index (χ3v) is 4.37. The van der Waals surface area contributed by atoms with Crippen molar-refractivity contribution >= 4 is 12.2 Å². The van der Waals surface area contributed by atoms with Crippen LogP contribution >= 0.6 is 0 Å². The number of hydrogen-bond acceptors (Lipinski definition) is 4. The molecule has 92 valence electrons. The van der Waals surface area contributed by atoms with Crippen LogP contribution in [0, 0.1) is 11.8 Å². The fraction of sp³-hybridized carbons (Fsp3) is 0.692. The number of ether oxygens (including phenoxy) is 1. The lowest BCUT2D eigenvalue weighted by Gasteiger charge is -2.41.